The molecule has 4 atom stereocenters. The van der Waals surface area contributed by atoms with Gasteiger partial charge >= 0.3 is 0 Å². The highest BCUT2D eigenvalue weighted by atomic mass is 32.1. The van der Waals surface area contributed by atoms with Crippen LogP contribution in [-0.4, -0.2) is 34.4 Å². The first kappa shape index (κ1) is 11.6. The third-order valence-electron chi connectivity index (χ3n) is 3.22. The van der Waals surface area contributed by atoms with Crippen LogP contribution in [0.3, 0.4) is 0 Å². The molecule has 0 unspecified atom stereocenters. The summed E-state index contributed by atoms with van der Waals surface area (Å²) in [4.78, 5) is 4.18. The smallest absolute Gasteiger partial charge is 0.190 e. The van der Waals surface area contributed by atoms with Gasteiger partial charge in [0.2, 0.25) is 0 Å². The largest absolute Gasteiger partial charge is 0.377 e. The third kappa shape index (κ3) is 1.56. The molecule has 6 heteroatoms. The lowest BCUT2D eigenvalue weighted by atomic mass is 9.94. The topological polar surface area (TPSA) is 60.8 Å². The average molecular weight is 257 g/mol. The summed E-state index contributed by atoms with van der Waals surface area (Å²) in [6, 6.07) is 0. The summed E-state index contributed by atoms with van der Waals surface area (Å²) in [6.45, 7) is 5.42. The Kier molecular flexibility index (Phi) is 2.37. The minimum atomic E-state index is -1.23. The van der Waals surface area contributed by atoms with E-state index in [0.29, 0.717) is 5.01 Å². The summed E-state index contributed by atoms with van der Waals surface area (Å²) >= 11 is 1.40. The highest BCUT2D eigenvalue weighted by molar-refractivity contribution is 7.09. The molecule has 2 fully saturated rings. The highest BCUT2D eigenvalue weighted by Gasteiger charge is 2.63. The van der Waals surface area contributed by atoms with Crippen LogP contribution < -0.4 is 0 Å². The molecule has 0 bridgehead atoms. The maximum Gasteiger partial charge on any atom is 0.190 e. The van der Waals surface area contributed by atoms with Crippen molar-refractivity contribution >= 4 is 11.3 Å². The van der Waals surface area contributed by atoms with E-state index in [1.165, 1.54) is 11.3 Å². The van der Waals surface area contributed by atoms with Crippen molar-refractivity contribution in [3.8, 4) is 0 Å². The lowest BCUT2D eigenvalue weighted by molar-refractivity contribution is -0.228. The van der Waals surface area contributed by atoms with Crippen LogP contribution in [0.25, 0.3) is 0 Å². The van der Waals surface area contributed by atoms with Gasteiger partial charge in [-0.05, 0) is 20.8 Å². The second kappa shape index (κ2) is 3.49. The van der Waals surface area contributed by atoms with Crippen LogP contribution in [-0.2, 0) is 19.8 Å². The first-order valence-corrected chi connectivity index (χ1v) is 6.45. The van der Waals surface area contributed by atoms with E-state index in [0.717, 1.165) is 0 Å². The Balaban J connectivity index is 1.99. The molecule has 2 aliphatic heterocycles. The van der Waals surface area contributed by atoms with Gasteiger partial charge in [0.05, 0.1) is 6.10 Å². The van der Waals surface area contributed by atoms with Crippen molar-refractivity contribution in [1.29, 1.82) is 0 Å². The van der Waals surface area contributed by atoms with Crippen molar-refractivity contribution in [3.05, 3.63) is 16.6 Å². The Morgan fingerprint density at radius 2 is 2.18 bits per heavy atom. The Morgan fingerprint density at radius 1 is 1.41 bits per heavy atom. The molecule has 0 aliphatic carbocycles. The number of thiazole rings is 1. The maximum absolute atomic E-state index is 10.8. The summed E-state index contributed by atoms with van der Waals surface area (Å²) in [5.74, 6) is -0.735. The summed E-state index contributed by atoms with van der Waals surface area (Å²) in [5.41, 5.74) is -1.23. The molecule has 0 aromatic carbocycles. The number of hydrogen-bond donors (Lipinski definition) is 1. The number of ether oxygens (including phenoxy) is 3. The van der Waals surface area contributed by atoms with Gasteiger partial charge in [-0.2, -0.15) is 0 Å². The highest BCUT2D eigenvalue weighted by Crippen LogP contribution is 2.48. The summed E-state index contributed by atoms with van der Waals surface area (Å²) in [6.07, 6.45) is 0.200. The van der Waals surface area contributed by atoms with Crippen LogP contribution in [0.1, 0.15) is 25.8 Å². The number of aliphatic hydroxyl groups is 1. The fourth-order valence-corrected chi connectivity index (χ4v) is 3.22. The number of rotatable bonds is 1. The minimum absolute atomic E-state index is 0.403. The Labute approximate surface area is 103 Å². The van der Waals surface area contributed by atoms with Crippen LogP contribution in [0.4, 0.5) is 0 Å². The van der Waals surface area contributed by atoms with E-state index < -0.39 is 29.9 Å². The molecular weight excluding hydrogens is 242 g/mol. The second-order valence-electron chi connectivity index (χ2n) is 4.87. The Hall–Kier alpha value is -0.530. The van der Waals surface area contributed by atoms with Gasteiger partial charge in [-0.1, -0.05) is 0 Å². The number of aromatic nitrogens is 1. The SMILES string of the molecule is C[C@@H]1O[C@H]2OC(C)(C)O[C@H]2[C@]1(O)c1nccs1. The zero-order chi connectivity index (χ0) is 12.3. The molecule has 2 saturated heterocycles. The number of nitrogens with zero attached hydrogens (tertiary/aromatic N) is 1. The summed E-state index contributed by atoms with van der Waals surface area (Å²) < 4.78 is 17.0. The molecule has 5 nitrogen and oxygen atoms in total. The maximum atomic E-state index is 10.8. The van der Waals surface area contributed by atoms with Crippen molar-refractivity contribution in [2.75, 3.05) is 0 Å². The summed E-state index contributed by atoms with van der Waals surface area (Å²) in [7, 11) is 0. The van der Waals surface area contributed by atoms with E-state index in [4.69, 9.17) is 14.2 Å². The van der Waals surface area contributed by atoms with Crippen molar-refractivity contribution in [1.82, 2.24) is 4.98 Å². The average Bonchev–Trinajstić information content (AvgIpc) is 2.88. The fourth-order valence-electron chi connectivity index (χ4n) is 2.38. The quantitative estimate of drug-likeness (QED) is 0.820. The van der Waals surface area contributed by atoms with Crippen LogP contribution in [0, 0.1) is 0 Å². The minimum Gasteiger partial charge on any atom is -0.377 e. The molecule has 3 heterocycles. The fraction of sp³-hybridized carbons (Fsp3) is 0.727. The molecule has 0 radical (unpaired) electrons. The molecule has 0 spiro atoms. The predicted molar refractivity (Wildman–Crippen MR) is 60.4 cm³/mol. The van der Waals surface area contributed by atoms with Crippen molar-refractivity contribution < 1.29 is 19.3 Å². The molecule has 1 N–H and O–H groups in total. The lowest BCUT2D eigenvalue weighted by Crippen LogP contribution is -2.45. The summed E-state index contributed by atoms with van der Waals surface area (Å²) in [5, 5.41) is 13.3. The molecule has 0 amide bonds. The van der Waals surface area contributed by atoms with Crippen LogP contribution in [0.15, 0.2) is 11.6 Å². The molecule has 0 saturated carbocycles. The lowest BCUT2D eigenvalue weighted by Gasteiger charge is -2.30. The van der Waals surface area contributed by atoms with Gasteiger partial charge in [0.15, 0.2) is 17.7 Å². The molecule has 17 heavy (non-hydrogen) atoms. The van der Waals surface area contributed by atoms with E-state index in [1.807, 2.05) is 19.2 Å². The van der Waals surface area contributed by atoms with E-state index in [-0.39, 0.29) is 0 Å². The van der Waals surface area contributed by atoms with Crippen molar-refractivity contribution in [2.45, 2.75) is 50.7 Å². The molecule has 1 aromatic rings. The van der Waals surface area contributed by atoms with Crippen LogP contribution in [0.2, 0.25) is 0 Å². The first-order valence-electron chi connectivity index (χ1n) is 5.57. The van der Waals surface area contributed by atoms with Crippen LogP contribution >= 0.6 is 11.3 Å². The van der Waals surface area contributed by atoms with E-state index in [2.05, 4.69) is 4.98 Å². The molecule has 3 rings (SSSR count). The number of hydrogen-bond acceptors (Lipinski definition) is 6. The standard InChI is InChI=1S/C11H15NO4S/c1-6-11(13,9-12-4-5-17-9)7-8(14-6)16-10(2,3)15-7/h4-8,13H,1-3H3/t6-,7+,8-,11-/m0/s1. The van der Waals surface area contributed by atoms with Crippen molar-refractivity contribution in [2.24, 2.45) is 0 Å². The van der Waals surface area contributed by atoms with Gasteiger partial charge in [0.1, 0.15) is 11.1 Å². The zero-order valence-corrected chi connectivity index (χ0v) is 10.7. The normalized spacial score (nSPS) is 43.9. The van der Waals surface area contributed by atoms with Gasteiger partial charge in [0, 0.05) is 11.6 Å². The number of fused-ring (bicyclic) bond motifs is 1. The van der Waals surface area contributed by atoms with Gasteiger partial charge in [-0.3, -0.25) is 0 Å². The molecular formula is C11H15NO4S. The molecule has 94 valence electrons. The molecule has 1 aromatic heterocycles. The monoisotopic (exact) mass is 257 g/mol. The first-order chi connectivity index (χ1) is 7.93. The predicted octanol–water partition coefficient (Wildman–Crippen LogP) is 1.23. The van der Waals surface area contributed by atoms with Crippen molar-refractivity contribution in [3.63, 3.8) is 0 Å². The van der Waals surface area contributed by atoms with Crippen LogP contribution in [0.5, 0.6) is 0 Å². The van der Waals surface area contributed by atoms with E-state index >= 15 is 0 Å². The van der Waals surface area contributed by atoms with Gasteiger partial charge in [-0.15, -0.1) is 11.3 Å². The van der Waals surface area contributed by atoms with Gasteiger partial charge in [-0.25, -0.2) is 4.98 Å². The van der Waals surface area contributed by atoms with E-state index in [9.17, 15) is 5.11 Å². The van der Waals surface area contributed by atoms with Gasteiger partial charge in [0.25, 0.3) is 0 Å². The molecule has 2 aliphatic rings. The van der Waals surface area contributed by atoms with E-state index in [1.54, 1.807) is 13.1 Å². The Morgan fingerprint density at radius 3 is 2.82 bits per heavy atom. The second-order valence-corrected chi connectivity index (χ2v) is 5.76. The van der Waals surface area contributed by atoms with Gasteiger partial charge < -0.3 is 19.3 Å². The third-order valence-corrected chi connectivity index (χ3v) is 4.14. The Bertz CT molecular complexity index is 421. The zero-order valence-electron chi connectivity index (χ0n) is 9.91.